The van der Waals surface area contributed by atoms with Gasteiger partial charge in [0.1, 0.15) is 24.6 Å². The molecule has 1 fully saturated rings. The Morgan fingerprint density at radius 3 is 2.83 bits per heavy atom. The Bertz CT molecular complexity index is 776. The van der Waals surface area contributed by atoms with E-state index in [0.717, 1.165) is 0 Å². The predicted molar refractivity (Wildman–Crippen MR) is 80.4 cm³/mol. The van der Waals surface area contributed by atoms with Crippen LogP contribution in [-0.4, -0.2) is 50.3 Å². The Hall–Kier alpha value is -2.75. The largest absolute Gasteiger partial charge is 0.463 e. The predicted octanol–water partition coefficient (Wildman–Crippen LogP) is 0.191. The lowest BCUT2D eigenvalue weighted by molar-refractivity contribution is -0.152. The Labute approximate surface area is 136 Å². The molecular weight excluding hydrogens is 318 g/mol. The van der Waals surface area contributed by atoms with Gasteiger partial charge >= 0.3 is 11.9 Å². The van der Waals surface area contributed by atoms with Crippen molar-refractivity contribution in [2.75, 3.05) is 12.3 Å². The van der Waals surface area contributed by atoms with Crippen LogP contribution >= 0.6 is 0 Å². The number of esters is 2. The summed E-state index contributed by atoms with van der Waals surface area (Å²) in [5, 5.41) is 0. The fourth-order valence-corrected chi connectivity index (χ4v) is 2.65. The molecule has 10 heteroatoms. The van der Waals surface area contributed by atoms with Gasteiger partial charge in [0.25, 0.3) is 0 Å². The third-order valence-electron chi connectivity index (χ3n) is 3.60. The second kappa shape index (κ2) is 6.40. The van der Waals surface area contributed by atoms with E-state index < -0.39 is 30.4 Å². The average Bonchev–Trinajstić information content (AvgIpc) is 3.09. The summed E-state index contributed by atoms with van der Waals surface area (Å²) >= 11 is 0. The zero-order valence-corrected chi connectivity index (χ0v) is 13.2. The Morgan fingerprint density at radius 2 is 2.12 bits per heavy atom. The summed E-state index contributed by atoms with van der Waals surface area (Å²) < 4.78 is 17.8. The number of anilines is 1. The molecule has 1 aliphatic rings. The first kappa shape index (κ1) is 16.1. The molecule has 1 aliphatic heterocycles. The maximum absolute atomic E-state index is 11.4. The minimum Gasteiger partial charge on any atom is -0.463 e. The molecule has 10 nitrogen and oxygen atoms in total. The highest BCUT2D eigenvalue weighted by Gasteiger charge is 2.40. The molecule has 3 atom stereocenters. The van der Waals surface area contributed by atoms with Crippen molar-refractivity contribution in [3.8, 4) is 0 Å². The molecule has 0 aromatic carbocycles. The number of nitrogen functional groups attached to an aromatic ring is 1. The molecule has 128 valence electrons. The third kappa shape index (κ3) is 3.13. The van der Waals surface area contributed by atoms with E-state index in [9.17, 15) is 9.59 Å². The van der Waals surface area contributed by atoms with Crippen molar-refractivity contribution in [3.05, 3.63) is 12.7 Å². The molecule has 0 radical (unpaired) electrons. The SMILES string of the molecule is CC(=O)OC[C@@H]1CC(OC(C)=O)[C@H](n2cnc3c(N)ncnc32)O1. The second-order valence-electron chi connectivity index (χ2n) is 5.42. The summed E-state index contributed by atoms with van der Waals surface area (Å²) in [4.78, 5) is 34.6. The smallest absolute Gasteiger partial charge is 0.303 e. The molecule has 0 aliphatic carbocycles. The third-order valence-corrected chi connectivity index (χ3v) is 3.60. The van der Waals surface area contributed by atoms with Gasteiger partial charge in [-0.25, -0.2) is 15.0 Å². The number of carbonyl (C=O) groups excluding carboxylic acids is 2. The number of nitrogens with two attached hydrogens (primary N) is 1. The quantitative estimate of drug-likeness (QED) is 0.777. The first-order valence-corrected chi connectivity index (χ1v) is 7.34. The molecule has 0 saturated carbocycles. The van der Waals surface area contributed by atoms with E-state index in [1.54, 1.807) is 4.57 Å². The number of imidazole rings is 1. The lowest BCUT2D eigenvalue weighted by Gasteiger charge is -2.19. The fourth-order valence-electron chi connectivity index (χ4n) is 2.65. The number of carbonyl (C=O) groups is 2. The van der Waals surface area contributed by atoms with Crippen molar-refractivity contribution >= 4 is 28.9 Å². The van der Waals surface area contributed by atoms with Gasteiger partial charge in [-0.05, 0) is 0 Å². The van der Waals surface area contributed by atoms with Gasteiger partial charge in [-0.3, -0.25) is 14.2 Å². The summed E-state index contributed by atoms with van der Waals surface area (Å²) in [6.45, 7) is 2.72. The van der Waals surface area contributed by atoms with Gasteiger partial charge in [-0.2, -0.15) is 0 Å². The van der Waals surface area contributed by atoms with Gasteiger partial charge in [-0.1, -0.05) is 0 Å². The van der Waals surface area contributed by atoms with E-state index in [0.29, 0.717) is 17.6 Å². The van der Waals surface area contributed by atoms with Gasteiger partial charge in [0, 0.05) is 20.3 Å². The first-order chi connectivity index (χ1) is 11.5. The molecular formula is C14H17N5O5. The maximum atomic E-state index is 11.4. The highest BCUT2D eigenvalue weighted by molar-refractivity contribution is 5.81. The number of hydrogen-bond acceptors (Lipinski definition) is 9. The van der Waals surface area contributed by atoms with Crippen molar-refractivity contribution in [1.29, 1.82) is 0 Å². The molecule has 2 aromatic heterocycles. The molecule has 24 heavy (non-hydrogen) atoms. The summed E-state index contributed by atoms with van der Waals surface area (Å²) in [6.07, 6.45) is 1.61. The number of hydrogen-bond donors (Lipinski definition) is 1. The fraction of sp³-hybridized carbons (Fsp3) is 0.500. The molecule has 0 amide bonds. The van der Waals surface area contributed by atoms with E-state index >= 15 is 0 Å². The normalized spacial score (nSPS) is 23.3. The van der Waals surface area contributed by atoms with Gasteiger partial charge < -0.3 is 19.9 Å². The van der Waals surface area contributed by atoms with Crippen molar-refractivity contribution in [3.63, 3.8) is 0 Å². The molecule has 0 bridgehead atoms. The van der Waals surface area contributed by atoms with Gasteiger partial charge in [0.15, 0.2) is 17.7 Å². The summed E-state index contributed by atoms with van der Waals surface area (Å²) in [7, 11) is 0. The van der Waals surface area contributed by atoms with Crippen molar-refractivity contribution in [2.24, 2.45) is 0 Å². The van der Waals surface area contributed by atoms with E-state index in [1.165, 1.54) is 26.5 Å². The Kier molecular flexibility index (Phi) is 4.30. The molecule has 2 aromatic rings. The Morgan fingerprint density at radius 1 is 1.33 bits per heavy atom. The summed E-state index contributed by atoms with van der Waals surface area (Å²) in [6, 6.07) is 0. The van der Waals surface area contributed by atoms with Crippen molar-refractivity contribution < 1.29 is 23.8 Å². The van der Waals surface area contributed by atoms with E-state index in [2.05, 4.69) is 15.0 Å². The monoisotopic (exact) mass is 335 g/mol. The van der Waals surface area contributed by atoms with Gasteiger partial charge in [-0.15, -0.1) is 0 Å². The van der Waals surface area contributed by atoms with Crippen molar-refractivity contribution in [1.82, 2.24) is 19.5 Å². The number of ether oxygens (including phenoxy) is 3. The van der Waals surface area contributed by atoms with Crippen LogP contribution in [0.5, 0.6) is 0 Å². The molecule has 3 heterocycles. The van der Waals surface area contributed by atoms with Crippen LogP contribution in [0.1, 0.15) is 26.5 Å². The van der Waals surface area contributed by atoms with Crippen molar-refractivity contribution in [2.45, 2.75) is 38.7 Å². The van der Waals surface area contributed by atoms with Crippen LogP contribution in [0.3, 0.4) is 0 Å². The summed E-state index contributed by atoms with van der Waals surface area (Å²) in [5.74, 6) is -0.586. The first-order valence-electron chi connectivity index (χ1n) is 7.34. The molecule has 2 N–H and O–H groups in total. The van der Waals surface area contributed by atoms with Crippen LogP contribution in [0.25, 0.3) is 11.2 Å². The van der Waals surface area contributed by atoms with Crippen LogP contribution in [-0.2, 0) is 23.8 Å². The van der Waals surface area contributed by atoms with Crippen LogP contribution in [0.4, 0.5) is 5.82 Å². The van der Waals surface area contributed by atoms with Gasteiger partial charge in [0.05, 0.1) is 12.4 Å². The standard InChI is InChI=1S/C14H17N5O5/c1-7(20)22-4-9-3-10(23-8(2)21)14(24-9)19-6-18-11-12(15)16-5-17-13(11)19/h5-6,9-10,14H,3-4H2,1-2H3,(H2,15,16,17)/t9-,10?,14+/m0/s1. The van der Waals surface area contributed by atoms with E-state index in [1.807, 2.05) is 0 Å². The maximum Gasteiger partial charge on any atom is 0.303 e. The van der Waals surface area contributed by atoms with E-state index in [-0.39, 0.29) is 12.4 Å². The number of aromatic nitrogens is 4. The minimum absolute atomic E-state index is 0.0767. The van der Waals surface area contributed by atoms with Crippen LogP contribution in [0.2, 0.25) is 0 Å². The minimum atomic E-state index is -0.645. The second-order valence-corrected chi connectivity index (χ2v) is 5.42. The average molecular weight is 335 g/mol. The zero-order valence-electron chi connectivity index (χ0n) is 13.2. The number of nitrogens with zero attached hydrogens (tertiary/aromatic N) is 4. The van der Waals surface area contributed by atoms with Crippen LogP contribution in [0.15, 0.2) is 12.7 Å². The molecule has 0 spiro atoms. The van der Waals surface area contributed by atoms with E-state index in [4.69, 9.17) is 19.9 Å². The highest BCUT2D eigenvalue weighted by atomic mass is 16.6. The van der Waals surface area contributed by atoms with Crippen LogP contribution in [0, 0.1) is 0 Å². The zero-order chi connectivity index (χ0) is 17.3. The summed E-state index contributed by atoms with van der Waals surface area (Å²) in [5.41, 5.74) is 6.69. The highest BCUT2D eigenvalue weighted by Crippen LogP contribution is 2.33. The lowest BCUT2D eigenvalue weighted by atomic mass is 10.2. The number of rotatable bonds is 4. The topological polar surface area (TPSA) is 131 Å². The molecule has 1 unspecified atom stereocenters. The lowest BCUT2D eigenvalue weighted by Crippen LogP contribution is -2.24. The molecule has 1 saturated heterocycles. The van der Waals surface area contributed by atoms with Gasteiger partial charge in [0.2, 0.25) is 0 Å². The number of fused-ring (bicyclic) bond motifs is 1. The molecule has 3 rings (SSSR count). The Balaban J connectivity index is 1.88. The van der Waals surface area contributed by atoms with Crippen LogP contribution < -0.4 is 5.73 Å².